The van der Waals surface area contributed by atoms with Gasteiger partial charge < -0.3 is 15.4 Å². The molecule has 1 aliphatic carbocycles. The average Bonchev–Trinajstić information content (AvgIpc) is 2.77. The molecule has 4 amide bonds. The summed E-state index contributed by atoms with van der Waals surface area (Å²) in [6.45, 7) is 1.40. The fourth-order valence-corrected chi connectivity index (χ4v) is 3.38. The van der Waals surface area contributed by atoms with Gasteiger partial charge in [-0.3, -0.25) is 25.2 Å². The molecule has 0 unspecified atom stereocenters. The van der Waals surface area contributed by atoms with Gasteiger partial charge in [0.05, 0.1) is 0 Å². The molecule has 1 aromatic rings. The number of hydrogen-bond acceptors (Lipinski definition) is 5. The lowest BCUT2D eigenvalue weighted by Gasteiger charge is -2.26. The Morgan fingerprint density at radius 1 is 1.06 bits per heavy atom. The van der Waals surface area contributed by atoms with Crippen LogP contribution in [0.25, 0.3) is 0 Å². The standard InChI is InChI=1S/C22H30N4O5/c1-16(27)23-13-12-20(28)25-26-21(29)19(14-17-8-4-2-5-9-17)24-22(30)31-15-18-10-6-3-7-11-18/h3,6-7,10-13,17,19H,2,4-5,8-9,14-15H2,1H3,(H,23,27)(H,24,30)(H,25,28)(H,26,29)/b13-12-/t19-/m0/s1. The zero-order valence-electron chi connectivity index (χ0n) is 17.7. The number of hydrazine groups is 1. The van der Waals surface area contributed by atoms with Crippen LogP contribution in [-0.2, 0) is 25.7 Å². The predicted octanol–water partition coefficient (Wildman–Crippen LogP) is 2.05. The van der Waals surface area contributed by atoms with Gasteiger partial charge in [0.25, 0.3) is 11.8 Å². The summed E-state index contributed by atoms with van der Waals surface area (Å²) in [5.74, 6) is -1.16. The van der Waals surface area contributed by atoms with Crippen molar-refractivity contribution in [1.29, 1.82) is 0 Å². The molecule has 0 radical (unpaired) electrons. The van der Waals surface area contributed by atoms with Gasteiger partial charge in [0, 0.05) is 19.2 Å². The Bertz CT molecular complexity index is 775. The molecular formula is C22H30N4O5. The van der Waals surface area contributed by atoms with Crippen molar-refractivity contribution in [2.24, 2.45) is 5.92 Å². The maximum Gasteiger partial charge on any atom is 0.408 e. The first-order chi connectivity index (χ1) is 14.9. The van der Waals surface area contributed by atoms with Crippen LogP contribution in [0, 0.1) is 5.92 Å². The van der Waals surface area contributed by atoms with E-state index in [0.29, 0.717) is 12.3 Å². The molecule has 1 saturated carbocycles. The number of carbonyl (C=O) groups excluding carboxylic acids is 4. The van der Waals surface area contributed by atoms with Crippen LogP contribution in [0.5, 0.6) is 0 Å². The Morgan fingerprint density at radius 3 is 2.45 bits per heavy atom. The smallest absolute Gasteiger partial charge is 0.408 e. The van der Waals surface area contributed by atoms with Crippen LogP contribution >= 0.6 is 0 Å². The SMILES string of the molecule is CC(=O)N/C=C\C(=O)NNC(=O)[C@H](CC1CCCCC1)NC(=O)OCc1ccccc1. The minimum absolute atomic E-state index is 0.0924. The molecule has 168 valence electrons. The Balaban J connectivity index is 1.89. The van der Waals surface area contributed by atoms with E-state index in [4.69, 9.17) is 4.74 Å². The molecule has 2 rings (SSSR count). The van der Waals surface area contributed by atoms with Crippen LogP contribution in [0.15, 0.2) is 42.6 Å². The monoisotopic (exact) mass is 430 g/mol. The maximum atomic E-state index is 12.6. The number of alkyl carbamates (subject to hydrolysis) is 1. The highest BCUT2D eigenvalue weighted by atomic mass is 16.5. The minimum atomic E-state index is -0.842. The van der Waals surface area contributed by atoms with Crippen LogP contribution in [0.4, 0.5) is 4.79 Å². The van der Waals surface area contributed by atoms with Crippen molar-refractivity contribution in [3.05, 3.63) is 48.2 Å². The predicted molar refractivity (Wildman–Crippen MR) is 114 cm³/mol. The van der Waals surface area contributed by atoms with E-state index in [1.165, 1.54) is 19.5 Å². The second-order valence-corrected chi connectivity index (χ2v) is 7.51. The molecule has 0 spiro atoms. The van der Waals surface area contributed by atoms with E-state index in [-0.39, 0.29) is 12.5 Å². The van der Waals surface area contributed by atoms with E-state index >= 15 is 0 Å². The van der Waals surface area contributed by atoms with Crippen molar-refractivity contribution in [1.82, 2.24) is 21.5 Å². The van der Waals surface area contributed by atoms with Gasteiger partial charge in [0.1, 0.15) is 12.6 Å². The minimum Gasteiger partial charge on any atom is -0.445 e. The van der Waals surface area contributed by atoms with E-state index in [1.807, 2.05) is 30.3 Å². The van der Waals surface area contributed by atoms with Crippen molar-refractivity contribution in [2.45, 2.75) is 58.1 Å². The number of carbonyl (C=O) groups is 4. The van der Waals surface area contributed by atoms with Gasteiger partial charge in [0.15, 0.2) is 0 Å². The second-order valence-electron chi connectivity index (χ2n) is 7.51. The van der Waals surface area contributed by atoms with E-state index in [2.05, 4.69) is 21.5 Å². The summed E-state index contributed by atoms with van der Waals surface area (Å²) in [6.07, 6.45) is 7.37. The van der Waals surface area contributed by atoms with E-state index in [0.717, 1.165) is 37.3 Å². The van der Waals surface area contributed by atoms with Crippen LogP contribution in [0.2, 0.25) is 0 Å². The molecule has 1 aliphatic rings. The quantitative estimate of drug-likeness (QED) is 0.371. The summed E-state index contributed by atoms with van der Waals surface area (Å²) in [4.78, 5) is 47.4. The Morgan fingerprint density at radius 2 is 1.77 bits per heavy atom. The van der Waals surface area contributed by atoms with Gasteiger partial charge in [-0.05, 0) is 17.9 Å². The number of ether oxygens (including phenoxy) is 1. The largest absolute Gasteiger partial charge is 0.445 e. The van der Waals surface area contributed by atoms with Gasteiger partial charge in [-0.2, -0.15) is 0 Å². The van der Waals surface area contributed by atoms with Crippen molar-refractivity contribution >= 4 is 23.8 Å². The Kier molecular flexibility index (Phi) is 10.1. The number of hydrogen-bond donors (Lipinski definition) is 4. The van der Waals surface area contributed by atoms with Gasteiger partial charge in [-0.15, -0.1) is 0 Å². The topological polar surface area (TPSA) is 126 Å². The third-order valence-corrected chi connectivity index (χ3v) is 4.95. The first kappa shape index (κ1) is 23.9. The summed E-state index contributed by atoms with van der Waals surface area (Å²) < 4.78 is 5.23. The lowest BCUT2D eigenvalue weighted by Crippen LogP contribution is -2.52. The lowest BCUT2D eigenvalue weighted by molar-refractivity contribution is -0.128. The normalized spacial score (nSPS) is 15.0. The van der Waals surface area contributed by atoms with Crippen LogP contribution in [-0.4, -0.2) is 29.9 Å². The molecule has 4 N–H and O–H groups in total. The molecule has 0 aromatic heterocycles. The molecule has 0 aliphatic heterocycles. The molecule has 9 heteroatoms. The summed E-state index contributed by atoms with van der Waals surface area (Å²) in [5, 5.41) is 4.94. The molecule has 31 heavy (non-hydrogen) atoms. The van der Waals surface area contributed by atoms with Crippen LogP contribution < -0.4 is 21.5 Å². The third kappa shape index (κ3) is 9.79. The second kappa shape index (κ2) is 13.0. The van der Waals surface area contributed by atoms with Crippen molar-refractivity contribution < 1.29 is 23.9 Å². The zero-order valence-corrected chi connectivity index (χ0v) is 17.7. The lowest BCUT2D eigenvalue weighted by atomic mass is 9.84. The number of benzene rings is 1. The molecular weight excluding hydrogens is 400 g/mol. The molecule has 0 heterocycles. The van der Waals surface area contributed by atoms with Crippen molar-refractivity contribution in [2.75, 3.05) is 0 Å². The number of nitrogens with one attached hydrogen (secondary N) is 4. The van der Waals surface area contributed by atoms with E-state index < -0.39 is 23.9 Å². The Labute approximate surface area is 182 Å². The van der Waals surface area contributed by atoms with Gasteiger partial charge >= 0.3 is 6.09 Å². The van der Waals surface area contributed by atoms with Crippen LogP contribution in [0.3, 0.4) is 0 Å². The molecule has 9 nitrogen and oxygen atoms in total. The van der Waals surface area contributed by atoms with Crippen molar-refractivity contribution in [3.63, 3.8) is 0 Å². The molecule has 1 aromatic carbocycles. The highest BCUT2D eigenvalue weighted by Crippen LogP contribution is 2.27. The number of rotatable bonds is 8. The zero-order chi connectivity index (χ0) is 22.5. The third-order valence-electron chi connectivity index (χ3n) is 4.95. The summed E-state index contributed by atoms with van der Waals surface area (Å²) in [5.41, 5.74) is 5.39. The molecule has 1 atom stereocenters. The summed E-state index contributed by atoms with van der Waals surface area (Å²) >= 11 is 0. The molecule has 0 bridgehead atoms. The van der Waals surface area contributed by atoms with Crippen LogP contribution in [0.1, 0.15) is 51.0 Å². The van der Waals surface area contributed by atoms with Crippen molar-refractivity contribution in [3.8, 4) is 0 Å². The fraction of sp³-hybridized carbons (Fsp3) is 0.455. The Hall–Kier alpha value is -3.36. The molecule has 1 fully saturated rings. The maximum absolute atomic E-state index is 12.6. The van der Waals surface area contributed by atoms with E-state index in [1.54, 1.807) is 0 Å². The van der Waals surface area contributed by atoms with Gasteiger partial charge in [-0.25, -0.2) is 4.79 Å². The number of amides is 4. The fourth-order valence-electron chi connectivity index (χ4n) is 3.38. The van der Waals surface area contributed by atoms with Gasteiger partial charge in [-0.1, -0.05) is 62.4 Å². The summed E-state index contributed by atoms with van der Waals surface area (Å²) in [7, 11) is 0. The summed E-state index contributed by atoms with van der Waals surface area (Å²) in [6, 6.07) is 8.39. The van der Waals surface area contributed by atoms with Gasteiger partial charge in [0.2, 0.25) is 5.91 Å². The van der Waals surface area contributed by atoms with E-state index in [9.17, 15) is 19.2 Å². The first-order valence-electron chi connectivity index (χ1n) is 10.4. The highest BCUT2D eigenvalue weighted by molar-refractivity contribution is 5.92. The first-order valence-corrected chi connectivity index (χ1v) is 10.4. The average molecular weight is 431 g/mol. The molecule has 0 saturated heterocycles. The highest BCUT2D eigenvalue weighted by Gasteiger charge is 2.26.